The van der Waals surface area contributed by atoms with Crippen LogP contribution >= 0.6 is 0 Å². The van der Waals surface area contributed by atoms with E-state index >= 15 is 0 Å². The van der Waals surface area contributed by atoms with Gasteiger partial charge in [-0.05, 0) is 11.6 Å². The molecular formula is C12H9NO2. The Kier molecular flexibility index (Phi) is 2.53. The number of aliphatic hydroxyl groups is 1. The second kappa shape index (κ2) is 3.99. The van der Waals surface area contributed by atoms with E-state index in [9.17, 15) is 0 Å². The minimum atomic E-state index is -0.360. The molecule has 0 fully saturated rings. The van der Waals surface area contributed by atoms with Gasteiger partial charge in [-0.1, -0.05) is 24.3 Å². The first-order valence-corrected chi connectivity index (χ1v) is 4.51. The Morgan fingerprint density at radius 2 is 2.07 bits per heavy atom. The second-order valence-electron chi connectivity index (χ2n) is 3.08. The molecule has 0 heterocycles. The number of aliphatic hydroxyl groups excluding tert-OH is 1. The fourth-order valence-electron chi connectivity index (χ4n) is 1.60. The standard InChI is InChI=1S/C12H9NO2/c13-6-9-5-10(7-15-8-14)12-4-2-1-3-11(9)12/h1-5,7,14H,8H2. The predicted molar refractivity (Wildman–Crippen MR) is 56.2 cm³/mol. The van der Waals surface area contributed by atoms with Gasteiger partial charge in [0.05, 0.1) is 17.9 Å². The fraction of sp³-hybridized carbons (Fsp3) is 0.0833. The van der Waals surface area contributed by atoms with Gasteiger partial charge >= 0.3 is 0 Å². The van der Waals surface area contributed by atoms with E-state index in [0.29, 0.717) is 5.57 Å². The summed E-state index contributed by atoms with van der Waals surface area (Å²) in [6, 6.07) is 9.73. The molecule has 15 heavy (non-hydrogen) atoms. The molecule has 0 spiro atoms. The predicted octanol–water partition coefficient (Wildman–Crippen LogP) is 1.91. The zero-order valence-corrected chi connectivity index (χ0v) is 7.97. The van der Waals surface area contributed by atoms with E-state index in [0.717, 1.165) is 16.7 Å². The molecular weight excluding hydrogens is 190 g/mol. The number of ether oxygens (including phenoxy) is 1. The fourth-order valence-corrected chi connectivity index (χ4v) is 1.60. The third kappa shape index (κ3) is 1.63. The van der Waals surface area contributed by atoms with Crippen LogP contribution in [0.25, 0.3) is 11.1 Å². The molecule has 0 bridgehead atoms. The molecule has 0 saturated heterocycles. The van der Waals surface area contributed by atoms with Crippen molar-refractivity contribution in [3.05, 3.63) is 47.7 Å². The number of hydrogen-bond donors (Lipinski definition) is 1. The van der Waals surface area contributed by atoms with Crippen molar-refractivity contribution in [2.75, 3.05) is 6.79 Å². The zero-order valence-electron chi connectivity index (χ0n) is 7.97. The summed E-state index contributed by atoms with van der Waals surface area (Å²) in [4.78, 5) is 0. The van der Waals surface area contributed by atoms with Crippen LogP contribution in [-0.4, -0.2) is 11.9 Å². The van der Waals surface area contributed by atoms with Gasteiger partial charge < -0.3 is 9.84 Å². The Morgan fingerprint density at radius 1 is 1.33 bits per heavy atom. The van der Waals surface area contributed by atoms with Crippen LogP contribution in [0.1, 0.15) is 11.1 Å². The molecule has 0 amide bonds. The highest BCUT2D eigenvalue weighted by molar-refractivity contribution is 5.99. The van der Waals surface area contributed by atoms with Crippen molar-refractivity contribution in [2.24, 2.45) is 0 Å². The van der Waals surface area contributed by atoms with Gasteiger partial charge in [-0.15, -0.1) is 0 Å². The van der Waals surface area contributed by atoms with E-state index in [1.54, 1.807) is 6.08 Å². The average molecular weight is 199 g/mol. The van der Waals surface area contributed by atoms with Gasteiger partial charge in [-0.25, -0.2) is 0 Å². The quantitative estimate of drug-likeness (QED) is 0.584. The Hall–Kier alpha value is -2.05. The second-order valence-corrected chi connectivity index (χ2v) is 3.08. The van der Waals surface area contributed by atoms with Crippen LogP contribution in [0.3, 0.4) is 0 Å². The van der Waals surface area contributed by atoms with E-state index < -0.39 is 0 Å². The Labute approximate surface area is 87.5 Å². The lowest BCUT2D eigenvalue weighted by atomic mass is 10.1. The Balaban J connectivity index is 2.47. The van der Waals surface area contributed by atoms with Crippen molar-refractivity contribution in [1.82, 2.24) is 0 Å². The molecule has 1 N–H and O–H groups in total. The molecule has 1 aromatic carbocycles. The van der Waals surface area contributed by atoms with Gasteiger partial charge in [0.25, 0.3) is 0 Å². The van der Waals surface area contributed by atoms with Gasteiger partial charge in [0.15, 0.2) is 6.79 Å². The van der Waals surface area contributed by atoms with Crippen molar-refractivity contribution in [1.29, 1.82) is 5.26 Å². The summed E-state index contributed by atoms with van der Waals surface area (Å²) >= 11 is 0. The molecule has 0 aliphatic heterocycles. The molecule has 1 aliphatic rings. The van der Waals surface area contributed by atoms with Crippen LogP contribution in [0.4, 0.5) is 0 Å². The van der Waals surface area contributed by atoms with Gasteiger partial charge in [-0.3, -0.25) is 0 Å². The molecule has 0 unspecified atom stereocenters. The van der Waals surface area contributed by atoms with Crippen LogP contribution in [-0.2, 0) is 4.74 Å². The summed E-state index contributed by atoms with van der Waals surface area (Å²) in [6.45, 7) is -0.360. The average Bonchev–Trinajstić information content (AvgIpc) is 2.65. The van der Waals surface area contributed by atoms with Crippen molar-refractivity contribution in [3.63, 3.8) is 0 Å². The number of nitrogens with zero attached hydrogens (tertiary/aromatic N) is 1. The molecule has 0 saturated carbocycles. The minimum absolute atomic E-state index is 0.360. The van der Waals surface area contributed by atoms with E-state index in [2.05, 4.69) is 6.07 Å². The molecule has 1 aliphatic carbocycles. The number of fused-ring (bicyclic) bond motifs is 1. The maximum Gasteiger partial charge on any atom is 0.185 e. The molecule has 3 nitrogen and oxygen atoms in total. The SMILES string of the molecule is N#CC1=CC(=COCO)c2ccccc21. The number of benzene rings is 1. The Morgan fingerprint density at radius 3 is 2.73 bits per heavy atom. The van der Waals surface area contributed by atoms with Crippen molar-refractivity contribution in [3.8, 4) is 6.07 Å². The highest BCUT2D eigenvalue weighted by Gasteiger charge is 2.17. The molecule has 0 aromatic heterocycles. The van der Waals surface area contributed by atoms with Crippen LogP contribution in [0, 0.1) is 11.3 Å². The smallest absolute Gasteiger partial charge is 0.185 e. The lowest BCUT2D eigenvalue weighted by Gasteiger charge is -2.00. The summed E-state index contributed by atoms with van der Waals surface area (Å²) in [5.41, 5.74) is 3.31. The van der Waals surface area contributed by atoms with Gasteiger partial charge in [0, 0.05) is 11.1 Å². The van der Waals surface area contributed by atoms with Crippen molar-refractivity contribution >= 4 is 11.1 Å². The topological polar surface area (TPSA) is 53.2 Å². The Bertz CT molecular complexity index is 481. The van der Waals surface area contributed by atoms with E-state index in [1.165, 1.54) is 6.26 Å². The third-order valence-electron chi connectivity index (χ3n) is 2.23. The molecule has 2 rings (SSSR count). The summed E-state index contributed by atoms with van der Waals surface area (Å²) in [6.07, 6.45) is 3.21. The van der Waals surface area contributed by atoms with Crippen LogP contribution < -0.4 is 0 Å². The van der Waals surface area contributed by atoms with Gasteiger partial charge in [0.2, 0.25) is 0 Å². The number of allylic oxidation sites excluding steroid dienone is 3. The van der Waals surface area contributed by atoms with E-state index in [-0.39, 0.29) is 6.79 Å². The normalized spacial score (nSPS) is 15.7. The van der Waals surface area contributed by atoms with E-state index in [1.807, 2.05) is 24.3 Å². The summed E-state index contributed by atoms with van der Waals surface area (Å²) in [5.74, 6) is 0. The van der Waals surface area contributed by atoms with Crippen LogP contribution in [0.15, 0.2) is 36.6 Å². The summed E-state index contributed by atoms with van der Waals surface area (Å²) in [7, 11) is 0. The number of rotatable bonds is 2. The van der Waals surface area contributed by atoms with E-state index in [4.69, 9.17) is 15.1 Å². The van der Waals surface area contributed by atoms with Gasteiger partial charge in [0.1, 0.15) is 0 Å². The molecule has 3 heteroatoms. The summed E-state index contributed by atoms with van der Waals surface area (Å²) in [5, 5.41) is 17.5. The van der Waals surface area contributed by atoms with Gasteiger partial charge in [-0.2, -0.15) is 5.26 Å². The summed E-state index contributed by atoms with van der Waals surface area (Å²) < 4.78 is 4.81. The molecule has 74 valence electrons. The number of nitriles is 1. The van der Waals surface area contributed by atoms with Crippen LogP contribution in [0.2, 0.25) is 0 Å². The van der Waals surface area contributed by atoms with Crippen molar-refractivity contribution < 1.29 is 9.84 Å². The highest BCUT2D eigenvalue weighted by Crippen LogP contribution is 2.34. The largest absolute Gasteiger partial charge is 0.475 e. The highest BCUT2D eigenvalue weighted by atomic mass is 16.6. The first kappa shape index (κ1) is 9.50. The maximum absolute atomic E-state index is 8.92. The maximum atomic E-state index is 8.92. The lowest BCUT2D eigenvalue weighted by Crippen LogP contribution is -1.85. The lowest BCUT2D eigenvalue weighted by molar-refractivity contribution is 0.0610. The van der Waals surface area contributed by atoms with Crippen LogP contribution in [0.5, 0.6) is 0 Å². The molecule has 1 aromatic rings. The number of hydrogen-bond acceptors (Lipinski definition) is 3. The minimum Gasteiger partial charge on any atom is -0.475 e. The molecule has 0 radical (unpaired) electrons. The third-order valence-corrected chi connectivity index (χ3v) is 2.23. The van der Waals surface area contributed by atoms with Crippen molar-refractivity contribution in [2.45, 2.75) is 0 Å². The monoisotopic (exact) mass is 199 g/mol. The first-order chi connectivity index (χ1) is 7.36. The zero-order chi connectivity index (χ0) is 10.7. The first-order valence-electron chi connectivity index (χ1n) is 4.51. The molecule has 0 atom stereocenters.